The Morgan fingerprint density at radius 2 is 1.84 bits per heavy atom. The standard InChI is InChI=1S/C21H21Cl2N5O2S/c1-12-4-6-14(7-5-12)20(30)24-13(2)19-26-27-21(28(19)3)31-11-18(29)25-17-10-15(22)8-9-16(17)23/h4-10,13H,11H2,1-3H3,(H,24,30)(H,25,29). The average Bonchev–Trinajstić information content (AvgIpc) is 3.10. The van der Waals surface area contributed by atoms with Crippen molar-refractivity contribution in [3.63, 3.8) is 0 Å². The second kappa shape index (κ2) is 10.2. The van der Waals surface area contributed by atoms with Gasteiger partial charge in [-0.05, 0) is 44.2 Å². The Morgan fingerprint density at radius 1 is 1.13 bits per heavy atom. The molecule has 3 rings (SSSR count). The van der Waals surface area contributed by atoms with Crippen molar-refractivity contribution in [1.82, 2.24) is 20.1 Å². The Balaban J connectivity index is 1.59. The van der Waals surface area contributed by atoms with Gasteiger partial charge in [0.15, 0.2) is 11.0 Å². The molecule has 3 aromatic rings. The van der Waals surface area contributed by atoms with Gasteiger partial charge in [-0.15, -0.1) is 10.2 Å². The third kappa shape index (κ3) is 6.00. The SMILES string of the molecule is Cc1ccc(C(=O)NC(C)c2nnc(SCC(=O)Nc3cc(Cl)ccc3Cl)n2C)cc1. The lowest BCUT2D eigenvalue weighted by Gasteiger charge is -2.14. The molecule has 2 aromatic carbocycles. The number of nitrogens with one attached hydrogen (secondary N) is 2. The van der Waals surface area contributed by atoms with E-state index in [2.05, 4.69) is 20.8 Å². The summed E-state index contributed by atoms with van der Waals surface area (Å²) < 4.78 is 1.75. The van der Waals surface area contributed by atoms with Crippen LogP contribution in [0.1, 0.15) is 34.7 Å². The number of halogens is 2. The molecule has 162 valence electrons. The number of thioether (sulfide) groups is 1. The second-order valence-corrected chi connectivity index (χ2v) is 8.71. The smallest absolute Gasteiger partial charge is 0.251 e. The molecule has 0 spiro atoms. The monoisotopic (exact) mass is 477 g/mol. The molecule has 1 atom stereocenters. The predicted molar refractivity (Wildman–Crippen MR) is 124 cm³/mol. The quantitative estimate of drug-likeness (QED) is 0.483. The van der Waals surface area contributed by atoms with E-state index in [9.17, 15) is 9.59 Å². The van der Waals surface area contributed by atoms with Crippen molar-refractivity contribution in [2.45, 2.75) is 25.0 Å². The van der Waals surface area contributed by atoms with Gasteiger partial charge in [-0.2, -0.15) is 0 Å². The normalized spacial score (nSPS) is 11.8. The first-order valence-corrected chi connectivity index (χ1v) is 11.1. The van der Waals surface area contributed by atoms with E-state index in [1.54, 1.807) is 41.9 Å². The van der Waals surface area contributed by atoms with Crippen LogP contribution in [0.25, 0.3) is 0 Å². The van der Waals surface area contributed by atoms with Crippen LogP contribution < -0.4 is 10.6 Å². The number of amides is 2. The molecule has 2 N–H and O–H groups in total. The third-order valence-corrected chi connectivity index (χ3v) is 6.04. The molecule has 1 heterocycles. The van der Waals surface area contributed by atoms with Crippen LogP contribution in [0.15, 0.2) is 47.6 Å². The van der Waals surface area contributed by atoms with E-state index in [0.29, 0.717) is 32.3 Å². The highest BCUT2D eigenvalue weighted by atomic mass is 35.5. The van der Waals surface area contributed by atoms with E-state index in [1.807, 2.05) is 26.0 Å². The molecule has 2 amide bonds. The molecule has 31 heavy (non-hydrogen) atoms. The summed E-state index contributed by atoms with van der Waals surface area (Å²) in [5.74, 6) is 0.252. The van der Waals surface area contributed by atoms with Crippen LogP contribution in [0.3, 0.4) is 0 Å². The van der Waals surface area contributed by atoms with E-state index in [-0.39, 0.29) is 23.6 Å². The number of carbonyl (C=O) groups excluding carboxylic acids is 2. The molecular weight excluding hydrogens is 457 g/mol. The summed E-state index contributed by atoms with van der Waals surface area (Å²) in [5.41, 5.74) is 2.11. The van der Waals surface area contributed by atoms with Crippen molar-refractivity contribution in [3.8, 4) is 0 Å². The molecule has 0 saturated carbocycles. The van der Waals surface area contributed by atoms with Crippen molar-refractivity contribution in [3.05, 3.63) is 69.5 Å². The maximum atomic E-state index is 12.5. The first-order chi connectivity index (χ1) is 14.7. The maximum absolute atomic E-state index is 12.5. The summed E-state index contributed by atoms with van der Waals surface area (Å²) in [6.45, 7) is 3.80. The molecule has 0 bridgehead atoms. The number of carbonyl (C=O) groups is 2. The Labute approximate surface area is 194 Å². The molecule has 7 nitrogen and oxygen atoms in total. The lowest BCUT2D eigenvalue weighted by Crippen LogP contribution is -2.28. The number of aromatic nitrogens is 3. The fraction of sp³-hybridized carbons (Fsp3) is 0.238. The van der Waals surface area contributed by atoms with Gasteiger partial charge in [-0.25, -0.2) is 0 Å². The largest absolute Gasteiger partial charge is 0.342 e. The fourth-order valence-corrected chi connectivity index (χ4v) is 3.84. The molecule has 0 aliphatic heterocycles. The highest BCUT2D eigenvalue weighted by Gasteiger charge is 2.19. The summed E-state index contributed by atoms with van der Waals surface area (Å²) in [5, 5.41) is 15.4. The zero-order chi connectivity index (χ0) is 22.5. The second-order valence-electron chi connectivity index (χ2n) is 6.92. The summed E-state index contributed by atoms with van der Waals surface area (Å²) in [7, 11) is 1.79. The lowest BCUT2D eigenvalue weighted by atomic mass is 10.1. The molecule has 10 heteroatoms. The Morgan fingerprint density at radius 3 is 2.55 bits per heavy atom. The highest BCUT2D eigenvalue weighted by molar-refractivity contribution is 7.99. The van der Waals surface area contributed by atoms with E-state index in [4.69, 9.17) is 23.2 Å². The van der Waals surface area contributed by atoms with Crippen molar-refractivity contribution >= 4 is 52.5 Å². The number of hydrogen-bond acceptors (Lipinski definition) is 5. The van der Waals surface area contributed by atoms with Crippen LogP contribution >= 0.6 is 35.0 Å². The minimum atomic E-state index is -0.361. The molecule has 1 aromatic heterocycles. The summed E-state index contributed by atoms with van der Waals surface area (Å²) >= 11 is 13.2. The molecule has 0 aliphatic carbocycles. The van der Waals surface area contributed by atoms with E-state index < -0.39 is 0 Å². The zero-order valence-corrected chi connectivity index (χ0v) is 19.5. The van der Waals surface area contributed by atoms with Crippen molar-refractivity contribution in [2.24, 2.45) is 7.05 Å². The highest BCUT2D eigenvalue weighted by Crippen LogP contribution is 2.26. The minimum Gasteiger partial charge on any atom is -0.342 e. The molecular formula is C21H21Cl2N5O2S. The lowest BCUT2D eigenvalue weighted by molar-refractivity contribution is -0.113. The van der Waals surface area contributed by atoms with Gasteiger partial charge in [-0.1, -0.05) is 52.7 Å². The minimum absolute atomic E-state index is 0.110. The van der Waals surface area contributed by atoms with Gasteiger partial charge in [-0.3, -0.25) is 9.59 Å². The third-order valence-electron chi connectivity index (χ3n) is 4.45. The number of aryl methyl sites for hydroxylation is 1. The van der Waals surface area contributed by atoms with E-state index in [0.717, 1.165) is 5.56 Å². The Bertz CT molecular complexity index is 1100. The molecule has 0 aliphatic rings. The zero-order valence-electron chi connectivity index (χ0n) is 17.1. The van der Waals surface area contributed by atoms with Crippen LogP contribution in [-0.2, 0) is 11.8 Å². The van der Waals surface area contributed by atoms with Gasteiger partial charge >= 0.3 is 0 Å². The van der Waals surface area contributed by atoms with Crippen molar-refractivity contribution < 1.29 is 9.59 Å². The van der Waals surface area contributed by atoms with Gasteiger partial charge in [0.25, 0.3) is 5.91 Å². The summed E-state index contributed by atoms with van der Waals surface area (Å²) in [6, 6.07) is 11.8. The summed E-state index contributed by atoms with van der Waals surface area (Å²) in [4.78, 5) is 24.7. The van der Waals surface area contributed by atoms with Gasteiger partial charge in [0.05, 0.1) is 22.5 Å². The molecule has 1 unspecified atom stereocenters. The van der Waals surface area contributed by atoms with Crippen molar-refractivity contribution in [2.75, 3.05) is 11.1 Å². The van der Waals surface area contributed by atoms with Crippen LogP contribution in [0, 0.1) is 6.92 Å². The number of hydrogen-bond donors (Lipinski definition) is 2. The van der Waals surface area contributed by atoms with Crippen LogP contribution in [0.5, 0.6) is 0 Å². The fourth-order valence-electron chi connectivity index (χ4n) is 2.79. The van der Waals surface area contributed by atoms with E-state index >= 15 is 0 Å². The predicted octanol–water partition coefficient (Wildman–Crippen LogP) is 4.65. The Kier molecular flexibility index (Phi) is 7.59. The first-order valence-electron chi connectivity index (χ1n) is 9.39. The number of benzene rings is 2. The molecule has 0 radical (unpaired) electrons. The summed E-state index contributed by atoms with van der Waals surface area (Å²) in [6.07, 6.45) is 0. The maximum Gasteiger partial charge on any atom is 0.251 e. The van der Waals surface area contributed by atoms with Crippen molar-refractivity contribution in [1.29, 1.82) is 0 Å². The first kappa shape index (κ1) is 23.1. The average molecular weight is 478 g/mol. The number of anilines is 1. The molecule has 0 saturated heterocycles. The van der Waals surface area contributed by atoms with E-state index in [1.165, 1.54) is 11.8 Å². The van der Waals surface area contributed by atoms with Gasteiger partial charge in [0.1, 0.15) is 0 Å². The number of nitrogens with zero attached hydrogens (tertiary/aromatic N) is 3. The van der Waals surface area contributed by atoms with Gasteiger partial charge < -0.3 is 15.2 Å². The van der Waals surface area contributed by atoms with Gasteiger partial charge in [0.2, 0.25) is 5.91 Å². The van der Waals surface area contributed by atoms with Crippen LogP contribution in [0.2, 0.25) is 10.0 Å². The van der Waals surface area contributed by atoms with Crippen LogP contribution in [0.4, 0.5) is 5.69 Å². The number of rotatable bonds is 7. The topological polar surface area (TPSA) is 88.9 Å². The molecule has 0 fully saturated rings. The van der Waals surface area contributed by atoms with Crippen LogP contribution in [-0.4, -0.2) is 32.3 Å². The van der Waals surface area contributed by atoms with Gasteiger partial charge in [0, 0.05) is 17.6 Å². The Hall–Kier alpha value is -2.55.